The topological polar surface area (TPSA) is 73.7 Å². The second-order valence-corrected chi connectivity index (χ2v) is 7.88. The van der Waals surface area contributed by atoms with E-state index in [-0.39, 0.29) is 49.4 Å². The number of aliphatic hydroxyl groups is 1. The fourth-order valence-corrected chi connectivity index (χ4v) is 4.41. The molecular formula is C20H20BrN3O3. The van der Waals surface area contributed by atoms with E-state index in [1.807, 2.05) is 42.5 Å². The molecule has 27 heavy (non-hydrogen) atoms. The second-order valence-electron chi connectivity index (χ2n) is 6.97. The molecule has 0 bridgehead atoms. The molecule has 3 heterocycles. The molecule has 6 nitrogen and oxygen atoms in total. The number of aromatic nitrogens is 1. The maximum Gasteiger partial charge on any atom is 0.242 e. The quantitative estimate of drug-likeness (QED) is 0.800. The average Bonchev–Trinajstić information content (AvgIpc) is 2.65. The molecule has 2 aliphatic rings. The fourth-order valence-electron chi connectivity index (χ4n) is 4.14. The van der Waals surface area contributed by atoms with E-state index in [1.165, 1.54) is 0 Å². The van der Waals surface area contributed by atoms with Gasteiger partial charge in [-0.1, -0.05) is 34.1 Å². The summed E-state index contributed by atoms with van der Waals surface area (Å²) in [5, 5.41) is 9.81. The molecule has 2 aromatic rings. The third-order valence-electron chi connectivity index (χ3n) is 5.42. The van der Waals surface area contributed by atoms with Crippen molar-refractivity contribution in [2.24, 2.45) is 0 Å². The summed E-state index contributed by atoms with van der Waals surface area (Å²) in [6, 6.07) is 13.1. The van der Waals surface area contributed by atoms with Gasteiger partial charge in [0.15, 0.2) is 0 Å². The van der Waals surface area contributed by atoms with E-state index >= 15 is 0 Å². The summed E-state index contributed by atoms with van der Waals surface area (Å²) in [4.78, 5) is 32.9. The van der Waals surface area contributed by atoms with Gasteiger partial charge in [-0.3, -0.25) is 14.6 Å². The number of halogens is 1. The van der Waals surface area contributed by atoms with Crippen molar-refractivity contribution in [3.05, 3.63) is 64.4 Å². The molecule has 4 rings (SSSR count). The number of aliphatic hydroxyl groups excluding tert-OH is 1. The van der Waals surface area contributed by atoms with Gasteiger partial charge in [0.2, 0.25) is 11.8 Å². The number of piperazine rings is 1. The minimum Gasteiger partial charge on any atom is -0.394 e. The zero-order valence-corrected chi connectivity index (χ0v) is 16.2. The molecule has 1 aromatic heterocycles. The first-order chi connectivity index (χ1) is 13.1. The van der Waals surface area contributed by atoms with Gasteiger partial charge < -0.3 is 14.9 Å². The molecule has 1 aromatic carbocycles. The largest absolute Gasteiger partial charge is 0.394 e. The standard InChI is InChI=1S/C20H20BrN3O3/c21-14-6-4-13(5-7-14)20-16-10-23(11-19(27)24(16)17(20)12-25)18(26)9-15-3-1-2-8-22-15/h1-8,16-17,20,25H,9-12H2/t16-,17-,20+/m1/s1. The third kappa shape index (κ3) is 3.37. The first kappa shape index (κ1) is 18.1. The van der Waals surface area contributed by atoms with Gasteiger partial charge in [0.05, 0.1) is 31.7 Å². The molecule has 7 heteroatoms. The molecular weight excluding hydrogens is 410 g/mol. The van der Waals surface area contributed by atoms with Crippen molar-refractivity contribution < 1.29 is 14.7 Å². The number of amides is 2. The summed E-state index contributed by atoms with van der Waals surface area (Å²) in [5.41, 5.74) is 1.77. The average molecular weight is 430 g/mol. The molecule has 2 fully saturated rings. The second kappa shape index (κ2) is 7.40. The predicted molar refractivity (Wildman–Crippen MR) is 103 cm³/mol. The maximum absolute atomic E-state index is 12.7. The Hall–Kier alpha value is -2.25. The van der Waals surface area contributed by atoms with Crippen molar-refractivity contribution in [1.29, 1.82) is 0 Å². The van der Waals surface area contributed by atoms with Crippen molar-refractivity contribution in [3.63, 3.8) is 0 Å². The fraction of sp³-hybridized carbons (Fsp3) is 0.350. The Bertz CT molecular complexity index is 843. The van der Waals surface area contributed by atoms with E-state index < -0.39 is 0 Å². The Kier molecular flexibility index (Phi) is 4.97. The van der Waals surface area contributed by atoms with Gasteiger partial charge in [-0.15, -0.1) is 0 Å². The Morgan fingerprint density at radius 3 is 2.67 bits per heavy atom. The van der Waals surface area contributed by atoms with E-state index in [0.717, 1.165) is 10.0 Å². The number of benzene rings is 1. The molecule has 0 aliphatic carbocycles. The number of rotatable bonds is 4. The van der Waals surface area contributed by atoms with Crippen molar-refractivity contribution in [1.82, 2.24) is 14.8 Å². The molecule has 0 unspecified atom stereocenters. The molecule has 0 radical (unpaired) electrons. The Morgan fingerprint density at radius 1 is 1.22 bits per heavy atom. The Morgan fingerprint density at radius 2 is 2.00 bits per heavy atom. The number of hydrogen-bond acceptors (Lipinski definition) is 4. The van der Waals surface area contributed by atoms with Crippen molar-refractivity contribution in [2.45, 2.75) is 24.4 Å². The molecule has 140 valence electrons. The number of fused-ring (bicyclic) bond motifs is 1. The molecule has 2 amide bonds. The molecule has 3 atom stereocenters. The van der Waals surface area contributed by atoms with Gasteiger partial charge in [-0.05, 0) is 29.8 Å². The lowest BCUT2D eigenvalue weighted by Crippen LogP contribution is -2.73. The van der Waals surface area contributed by atoms with Gasteiger partial charge in [-0.2, -0.15) is 0 Å². The summed E-state index contributed by atoms with van der Waals surface area (Å²) in [7, 11) is 0. The van der Waals surface area contributed by atoms with E-state index in [2.05, 4.69) is 20.9 Å². The van der Waals surface area contributed by atoms with Gasteiger partial charge in [-0.25, -0.2) is 0 Å². The summed E-state index contributed by atoms with van der Waals surface area (Å²) in [6.45, 7) is 0.464. The Balaban J connectivity index is 1.52. The van der Waals surface area contributed by atoms with Crippen LogP contribution in [0.5, 0.6) is 0 Å². The summed E-state index contributed by atoms with van der Waals surface area (Å²) < 4.78 is 0.981. The maximum atomic E-state index is 12.7. The van der Waals surface area contributed by atoms with Crippen LogP contribution < -0.4 is 0 Å². The SMILES string of the molecule is O=C(Cc1ccccn1)N1CC(=O)N2[C@H](CO)[C@@H](c3ccc(Br)cc3)[C@H]2C1. The predicted octanol–water partition coefficient (Wildman–Crippen LogP) is 1.58. The van der Waals surface area contributed by atoms with Crippen LogP contribution in [0.3, 0.4) is 0 Å². The highest BCUT2D eigenvalue weighted by Gasteiger charge is 2.54. The van der Waals surface area contributed by atoms with Crippen LogP contribution in [-0.2, 0) is 16.0 Å². The van der Waals surface area contributed by atoms with Crippen LogP contribution in [0.4, 0.5) is 0 Å². The first-order valence-electron chi connectivity index (χ1n) is 8.93. The summed E-state index contributed by atoms with van der Waals surface area (Å²) in [6.07, 6.45) is 1.85. The van der Waals surface area contributed by atoms with Crippen LogP contribution in [0, 0.1) is 0 Å². The number of carbonyl (C=O) groups excluding carboxylic acids is 2. The van der Waals surface area contributed by atoms with Crippen LogP contribution in [0.15, 0.2) is 53.1 Å². The highest BCUT2D eigenvalue weighted by molar-refractivity contribution is 9.10. The monoisotopic (exact) mass is 429 g/mol. The van der Waals surface area contributed by atoms with E-state index in [0.29, 0.717) is 12.2 Å². The van der Waals surface area contributed by atoms with E-state index in [9.17, 15) is 14.7 Å². The lowest BCUT2D eigenvalue weighted by Gasteiger charge is -2.58. The molecule has 2 saturated heterocycles. The number of nitrogens with zero attached hydrogens (tertiary/aromatic N) is 3. The van der Waals surface area contributed by atoms with E-state index in [1.54, 1.807) is 16.0 Å². The zero-order chi connectivity index (χ0) is 19.0. The summed E-state index contributed by atoms with van der Waals surface area (Å²) >= 11 is 3.43. The minimum absolute atomic E-state index is 0.0255. The molecule has 2 aliphatic heterocycles. The lowest BCUT2D eigenvalue weighted by atomic mass is 9.73. The van der Waals surface area contributed by atoms with Gasteiger partial charge in [0.25, 0.3) is 0 Å². The van der Waals surface area contributed by atoms with Gasteiger partial charge in [0.1, 0.15) is 0 Å². The van der Waals surface area contributed by atoms with Crippen LogP contribution in [-0.4, -0.2) is 63.5 Å². The number of hydrogen-bond donors (Lipinski definition) is 1. The van der Waals surface area contributed by atoms with Crippen LogP contribution in [0.1, 0.15) is 17.2 Å². The molecule has 0 saturated carbocycles. The van der Waals surface area contributed by atoms with Gasteiger partial charge in [0, 0.05) is 28.8 Å². The van der Waals surface area contributed by atoms with E-state index in [4.69, 9.17) is 0 Å². The number of pyridine rings is 1. The van der Waals surface area contributed by atoms with Crippen molar-refractivity contribution >= 4 is 27.7 Å². The first-order valence-corrected chi connectivity index (χ1v) is 9.73. The normalized spacial score (nSPS) is 24.4. The molecule has 0 spiro atoms. The van der Waals surface area contributed by atoms with Crippen LogP contribution in [0.25, 0.3) is 0 Å². The summed E-state index contributed by atoms with van der Waals surface area (Å²) in [5.74, 6) is -0.172. The molecule has 1 N–H and O–H groups in total. The van der Waals surface area contributed by atoms with Crippen molar-refractivity contribution in [3.8, 4) is 0 Å². The van der Waals surface area contributed by atoms with Crippen LogP contribution >= 0.6 is 15.9 Å². The number of carbonyl (C=O) groups is 2. The smallest absolute Gasteiger partial charge is 0.242 e. The Labute approximate surface area is 165 Å². The zero-order valence-electron chi connectivity index (χ0n) is 14.7. The highest BCUT2D eigenvalue weighted by atomic mass is 79.9. The lowest BCUT2D eigenvalue weighted by molar-refractivity contribution is -0.166. The van der Waals surface area contributed by atoms with Gasteiger partial charge >= 0.3 is 0 Å². The third-order valence-corrected chi connectivity index (χ3v) is 5.95. The van der Waals surface area contributed by atoms with Crippen molar-refractivity contribution in [2.75, 3.05) is 19.7 Å². The van der Waals surface area contributed by atoms with Crippen LogP contribution in [0.2, 0.25) is 0 Å². The highest BCUT2D eigenvalue weighted by Crippen LogP contribution is 2.43. The minimum atomic E-state index is -0.225.